The maximum absolute atomic E-state index is 12.0. The van der Waals surface area contributed by atoms with Crippen molar-refractivity contribution in [2.75, 3.05) is 13.2 Å². The van der Waals surface area contributed by atoms with E-state index in [1.165, 1.54) is 12.1 Å². The standard InChI is InChI=1S/C15H20O4S/c1-4-6-14(18-11-5-2)12-19-20(16,17)15-9-7-13(3)8-10-15/h4-5,7-10,14H,1-2,6,11-12H2,3H3/t14-/m0/s1. The van der Waals surface area contributed by atoms with Gasteiger partial charge in [-0.15, -0.1) is 13.2 Å². The zero-order valence-electron chi connectivity index (χ0n) is 11.6. The summed E-state index contributed by atoms with van der Waals surface area (Å²) < 4.78 is 34.4. The Bertz CT molecular complexity index is 531. The highest BCUT2D eigenvalue weighted by molar-refractivity contribution is 7.86. The molecule has 0 spiro atoms. The molecule has 0 aliphatic rings. The molecule has 0 saturated carbocycles. The zero-order valence-corrected chi connectivity index (χ0v) is 12.4. The van der Waals surface area contributed by atoms with Crippen molar-refractivity contribution < 1.29 is 17.3 Å². The highest BCUT2D eigenvalue weighted by atomic mass is 32.2. The molecule has 0 aromatic heterocycles. The SMILES string of the molecule is C=CCO[C@@H](CC=C)COS(=O)(=O)c1ccc(C)cc1. The molecule has 0 fully saturated rings. The van der Waals surface area contributed by atoms with Crippen LogP contribution in [0, 0.1) is 6.92 Å². The zero-order chi connectivity index (χ0) is 15.0. The summed E-state index contributed by atoms with van der Waals surface area (Å²) in [4.78, 5) is 0.143. The summed E-state index contributed by atoms with van der Waals surface area (Å²) in [5.41, 5.74) is 0.989. The van der Waals surface area contributed by atoms with Crippen molar-refractivity contribution in [3.05, 3.63) is 55.1 Å². The van der Waals surface area contributed by atoms with E-state index in [0.717, 1.165) is 5.56 Å². The molecule has 0 aliphatic heterocycles. The molecule has 0 unspecified atom stereocenters. The van der Waals surface area contributed by atoms with Gasteiger partial charge in [-0.05, 0) is 25.5 Å². The van der Waals surface area contributed by atoms with Gasteiger partial charge in [0.25, 0.3) is 10.1 Å². The quantitative estimate of drug-likeness (QED) is 0.519. The van der Waals surface area contributed by atoms with Gasteiger partial charge in [0.05, 0.1) is 24.2 Å². The highest BCUT2D eigenvalue weighted by Crippen LogP contribution is 2.14. The Labute approximate surface area is 120 Å². The lowest BCUT2D eigenvalue weighted by atomic mass is 10.2. The Morgan fingerprint density at radius 1 is 1.20 bits per heavy atom. The van der Waals surface area contributed by atoms with Gasteiger partial charge in [0, 0.05) is 0 Å². The van der Waals surface area contributed by atoms with Crippen LogP contribution in [0.5, 0.6) is 0 Å². The van der Waals surface area contributed by atoms with Crippen molar-refractivity contribution >= 4 is 10.1 Å². The lowest BCUT2D eigenvalue weighted by Crippen LogP contribution is -2.22. The molecule has 1 aromatic rings. The predicted octanol–water partition coefficient (Wildman–Crippen LogP) is 2.85. The third-order valence-corrected chi connectivity index (χ3v) is 3.89. The molecule has 0 N–H and O–H groups in total. The largest absolute Gasteiger partial charge is 0.371 e. The van der Waals surface area contributed by atoms with Crippen LogP contribution in [0.3, 0.4) is 0 Å². The molecule has 0 radical (unpaired) electrons. The van der Waals surface area contributed by atoms with E-state index in [-0.39, 0.29) is 17.6 Å². The van der Waals surface area contributed by atoms with Crippen molar-refractivity contribution in [3.63, 3.8) is 0 Å². The third kappa shape index (κ3) is 5.28. The third-order valence-electron chi connectivity index (χ3n) is 2.60. The molecule has 110 valence electrons. The summed E-state index contributed by atoms with van der Waals surface area (Å²) >= 11 is 0. The van der Waals surface area contributed by atoms with Gasteiger partial charge in [-0.2, -0.15) is 8.42 Å². The van der Waals surface area contributed by atoms with Crippen LogP contribution in [0.4, 0.5) is 0 Å². The Morgan fingerprint density at radius 3 is 2.40 bits per heavy atom. The Morgan fingerprint density at radius 2 is 1.85 bits per heavy atom. The van der Waals surface area contributed by atoms with E-state index < -0.39 is 10.1 Å². The van der Waals surface area contributed by atoms with Gasteiger partial charge in [0.15, 0.2) is 0 Å². The van der Waals surface area contributed by atoms with E-state index in [9.17, 15) is 8.42 Å². The minimum absolute atomic E-state index is 0.0456. The average Bonchev–Trinajstić information content (AvgIpc) is 2.42. The van der Waals surface area contributed by atoms with Gasteiger partial charge in [0.1, 0.15) is 0 Å². The van der Waals surface area contributed by atoms with E-state index in [1.807, 2.05) is 6.92 Å². The number of ether oxygens (including phenoxy) is 1. The van der Waals surface area contributed by atoms with Gasteiger partial charge in [-0.1, -0.05) is 29.8 Å². The van der Waals surface area contributed by atoms with Gasteiger partial charge in [-0.25, -0.2) is 0 Å². The summed E-state index contributed by atoms with van der Waals surface area (Å²) in [6.07, 6.45) is 3.42. The molecule has 1 aromatic carbocycles. The van der Waals surface area contributed by atoms with Crippen LogP contribution in [0.2, 0.25) is 0 Å². The monoisotopic (exact) mass is 296 g/mol. The molecular formula is C15H20O4S. The van der Waals surface area contributed by atoms with Crippen LogP contribution < -0.4 is 0 Å². The molecule has 0 amide bonds. The molecule has 0 bridgehead atoms. The van der Waals surface area contributed by atoms with Crippen LogP contribution in [0.1, 0.15) is 12.0 Å². The van der Waals surface area contributed by atoms with Gasteiger partial charge < -0.3 is 4.74 Å². The van der Waals surface area contributed by atoms with Crippen LogP contribution in [0.15, 0.2) is 54.5 Å². The molecule has 1 atom stereocenters. The summed E-state index contributed by atoms with van der Waals surface area (Å²) in [7, 11) is -3.76. The lowest BCUT2D eigenvalue weighted by molar-refractivity contribution is 0.0407. The fraction of sp³-hybridized carbons (Fsp3) is 0.333. The van der Waals surface area contributed by atoms with Gasteiger partial charge in [-0.3, -0.25) is 4.18 Å². The fourth-order valence-electron chi connectivity index (χ4n) is 1.51. The molecule has 1 rings (SSSR count). The summed E-state index contributed by atoms with van der Waals surface area (Å²) in [5.74, 6) is 0. The van der Waals surface area contributed by atoms with Crippen molar-refractivity contribution in [2.45, 2.75) is 24.3 Å². The minimum Gasteiger partial charge on any atom is -0.371 e. The molecule has 4 nitrogen and oxygen atoms in total. The van der Waals surface area contributed by atoms with Crippen LogP contribution in [0.25, 0.3) is 0 Å². The first-order valence-corrected chi connectivity index (χ1v) is 7.70. The van der Waals surface area contributed by atoms with E-state index >= 15 is 0 Å². The summed E-state index contributed by atoms with van der Waals surface area (Å²) in [6.45, 7) is 9.34. The van der Waals surface area contributed by atoms with E-state index in [0.29, 0.717) is 13.0 Å². The maximum Gasteiger partial charge on any atom is 0.297 e. The summed E-state index contributed by atoms with van der Waals surface area (Å²) in [6, 6.07) is 6.51. The summed E-state index contributed by atoms with van der Waals surface area (Å²) in [5, 5.41) is 0. The van der Waals surface area contributed by atoms with E-state index in [2.05, 4.69) is 13.2 Å². The minimum atomic E-state index is -3.76. The number of aryl methyl sites for hydroxylation is 1. The number of hydrogen-bond acceptors (Lipinski definition) is 4. The van der Waals surface area contributed by atoms with Gasteiger partial charge in [0.2, 0.25) is 0 Å². The van der Waals surface area contributed by atoms with Gasteiger partial charge >= 0.3 is 0 Å². The highest BCUT2D eigenvalue weighted by Gasteiger charge is 2.18. The molecule has 0 saturated heterocycles. The number of hydrogen-bond donors (Lipinski definition) is 0. The second-order valence-electron chi connectivity index (χ2n) is 4.32. The smallest absolute Gasteiger partial charge is 0.297 e. The lowest BCUT2D eigenvalue weighted by Gasteiger charge is -2.15. The molecule has 5 heteroatoms. The van der Waals surface area contributed by atoms with Crippen molar-refractivity contribution in [1.29, 1.82) is 0 Å². The second kappa shape index (κ2) is 7.99. The maximum atomic E-state index is 12.0. The predicted molar refractivity (Wildman–Crippen MR) is 79.1 cm³/mol. The first-order valence-electron chi connectivity index (χ1n) is 6.29. The van der Waals surface area contributed by atoms with E-state index in [4.69, 9.17) is 8.92 Å². The normalized spacial score (nSPS) is 12.8. The topological polar surface area (TPSA) is 52.6 Å². The Hall–Kier alpha value is -1.43. The van der Waals surface area contributed by atoms with Crippen molar-refractivity contribution in [3.8, 4) is 0 Å². The second-order valence-corrected chi connectivity index (χ2v) is 5.94. The Balaban J connectivity index is 2.67. The van der Waals surface area contributed by atoms with Crippen LogP contribution >= 0.6 is 0 Å². The number of benzene rings is 1. The first kappa shape index (κ1) is 16.6. The van der Waals surface area contributed by atoms with E-state index in [1.54, 1.807) is 24.3 Å². The molecule has 0 heterocycles. The average molecular weight is 296 g/mol. The first-order chi connectivity index (χ1) is 9.49. The van der Waals surface area contributed by atoms with Crippen molar-refractivity contribution in [1.82, 2.24) is 0 Å². The van der Waals surface area contributed by atoms with Crippen LogP contribution in [-0.4, -0.2) is 27.7 Å². The molecule has 0 aliphatic carbocycles. The fourth-order valence-corrected chi connectivity index (χ4v) is 2.45. The molecule has 20 heavy (non-hydrogen) atoms. The Kier molecular flexibility index (Phi) is 6.64. The van der Waals surface area contributed by atoms with Crippen LogP contribution in [-0.2, 0) is 19.0 Å². The number of rotatable bonds is 9. The molecular weight excluding hydrogens is 276 g/mol. The van der Waals surface area contributed by atoms with Crippen molar-refractivity contribution in [2.24, 2.45) is 0 Å².